The van der Waals surface area contributed by atoms with Crippen molar-refractivity contribution >= 4 is 22.8 Å². The lowest BCUT2D eigenvalue weighted by molar-refractivity contribution is -0.141. The highest BCUT2D eigenvalue weighted by molar-refractivity contribution is 5.84. The maximum atomic E-state index is 11.9. The smallest absolute Gasteiger partial charge is 0.329 e. The third kappa shape index (κ3) is 3.09. The summed E-state index contributed by atoms with van der Waals surface area (Å²) in [5, 5.41) is 12.6. The van der Waals surface area contributed by atoms with Crippen LogP contribution in [0.15, 0.2) is 24.3 Å². The molecular weight excluding hydrogens is 292 g/mol. The van der Waals surface area contributed by atoms with E-state index in [1.165, 1.54) is 26.4 Å². The first-order chi connectivity index (χ1) is 11.2. The zero-order valence-corrected chi connectivity index (χ0v) is 13.0. The second-order valence-corrected chi connectivity index (χ2v) is 5.71. The van der Waals surface area contributed by atoms with E-state index >= 15 is 0 Å². The average Bonchev–Trinajstić information content (AvgIpc) is 2.54. The highest BCUT2D eigenvalue weighted by Gasteiger charge is 2.28. The minimum absolute atomic E-state index is 0.331. The number of rotatable bonds is 5. The van der Waals surface area contributed by atoms with Gasteiger partial charge in [0.25, 0.3) is 0 Å². The van der Waals surface area contributed by atoms with Gasteiger partial charge in [0.05, 0.1) is 24.2 Å². The first-order valence-corrected chi connectivity index (χ1v) is 7.71. The lowest BCUT2D eigenvalue weighted by Gasteiger charge is -2.26. The summed E-state index contributed by atoms with van der Waals surface area (Å²) in [6.07, 6.45) is 3.65. The Labute approximate surface area is 134 Å². The van der Waals surface area contributed by atoms with Gasteiger partial charge in [-0.2, -0.15) is 5.26 Å². The Morgan fingerprint density at radius 1 is 1.39 bits per heavy atom. The van der Waals surface area contributed by atoms with Gasteiger partial charge in [0.1, 0.15) is 5.69 Å². The highest BCUT2D eigenvalue weighted by atomic mass is 16.5. The SMILES string of the molecule is COC(=O)C(C#N)c1nc2ccccc2nc1NCC1CCC1. The van der Waals surface area contributed by atoms with Crippen molar-refractivity contribution in [2.75, 3.05) is 19.0 Å². The fraction of sp³-hybridized carbons (Fsp3) is 0.412. The summed E-state index contributed by atoms with van der Waals surface area (Å²) < 4.78 is 4.73. The lowest BCUT2D eigenvalue weighted by Crippen LogP contribution is -2.23. The number of esters is 1. The van der Waals surface area contributed by atoms with Gasteiger partial charge < -0.3 is 10.1 Å². The molecule has 1 N–H and O–H groups in total. The Bertz CT molecular complexity index is 765. The van der Waals surface area contributed by atoms with E-state index in [9.17, 15) is 10.1 Å². The number of nitriles is 1. The average molecular weight is 310 g/mol. The number of benzene rings is 1. The summed E-state index contributed by atoms with van der Waals surface area (Å²) in [5.41, 5.74) is 1.71. The van der Waals surface area contributed by atoms with E-state index in [1.807, 2.05) is 30.3 Å². The number of carbonyl (C=O) groups is 1. The van der Waals surface area contributed by atoms with Crippen molar-refractivity contribution in [3.63, 3.8) is 0 Å². The van der Waals surface area contributed by atoms with Crippen molar-refractivity contribution in [1.29, 1.82) is 5.26 Å². The molecule has 0 bridgehead atoms. The Morgan fingerprint density at radius 3 is 2.65 bits per heavy atom. The highest BCUT2D eigenvalue weighted by Crippen LogP contribution is 2.29. The number of para-hydroxylation sites is 2. The van der Waals surface area contributed by atoms with Crippen molar-refractivity contribution in [2.24, 2.45) is 5.92 Å². The molecule has 1 unspecified atom stereocenters. The molecule has 6 nitrogen and oxygen atoms in total. The van der Waals surface area contributed by atoms with Gasteiger partial charge in [0, 0.05) is 6.54 Å². The van der Waals surface area contributed by atoms with Crippen LogP contribution in [0.25, 0.3) is 11.0 Å². The van der Waals surface area contributed by atoms with Crippen LogP contribution in [-0.4, -0.2) is 29.6 Å². The third-order valence-electron chi connectivity index (χ3n) is 4.22. The molecule has 0 amide bonds. The molecule has 1 saturated carbocycles. The number of hydrogen-bond donors (Lipinski definition) is 1. The van der Waals surface area contributed by atoms with Crippen LogP contribution in [0.3, 0.4) is 0 Å². The van der Waals surface area contributed by atoms with E-state index in [2.05, 4.69) is 15.3 Å². The predicted octanol–water partition coefficient (Wildman–Crippen LogP) is 2.62. The fourth-order valence-corrected chi connectivity index (χ4v) is 2.63. The number of nitrogens with one attached hydrogen (secondary N) is 1. The molecule has 2 aromatic rings. The Balaban J connectivity index is 2.00. The molecule has 0 aliphatic heterocycles. The number of hydrogen-bond acceptors (Lipinski definition) is 6. The molecule has 1 fully saturated rings. The summed E-state index contributed by atoms with van der Waals surface area (Å²) in [5.74, 6) is -0.591. The van der Waals surface area contributed by atoms with Crippen LogP contribution in [-0.2, 0) is 9.53 Å². The van der Waals surface area contributed by atoms with Gasteiger partial charge in [0.15, 0.2) is 11.7 Å². The summed E-state index contributed by atoms with van der Waals surface area (Å²) in [6, 6.07) is 9.38. The predicted molar refractivity (Wildman–Crippen MR) is 85.7 cm³/mol. The van der Waals surface area contributed by atoms with Crippen LogP contribution < -0.4 is 5.32 Å². The van der Waals surface area contributed by atoms with Crippen LogP contribution >= 0.6 is 0 Å². The molecule has 0 radical (unpaired) electrons. The van der Waals surface area contributed by atoms with Crippen molar-refractivity contribution in [3.05, 3.63) is 30.0 Å². The number of aromatic nitrogens is 2. The fourth-order valence-electron chi connectivity index (χ4n) is 2.63. The van der Waals surface area contributed by atoms with Crippen LogP contribution in [0.4, 0.5) is 5.82 Å². The van der Waals surface area contributed by atoms with E-state index in [-0.39, 0.29) is 0 Å². The Hall–Kier alpha value is -2.68. The first kappa shape index (κ1) is 15.2. The molecule has 6 heteroatoms. The lowest BCUT2D eigenvalue weighted by atomic mass is 9.85. The molecular formula is C17H18N4O2. The zero-order chi connectivity index (χ0) is 16.2. The number of methoxy groups -OCH3 is 1. The van der Waals surface area contributed by atoms with Crippen LogP contribution in [0, 0.1) is 17.2 Å². The van der Waals surface area contributed by atoms with Crippen molar-refractivity contribution < 1.29 is 9.53 Å². The molecule has 1 aromatic carbocycles. The van der Waals surface area contributed by atoms with Crippen LogP contribution in [0.5, 0.6) is 0 Å². The van der Waals surface area contributed by atoms with Gasteiger partial charge in [-0.1, -0.05) is 18.6 Å². The number of fused-ring (bicyclic) bond motifs is 1. The summed E-state index contributed by atoms with van der Waals surface area (Å²) >= 11 is 0. The molecule has 23 heavy (non-hydrogen) atoms. The quantitative estimate of drug-likeness (QED) is 0.854. The van der Waals surface area contributed by atoms with Gasteiger partial charge in [-0.3, -0.25) is 4.79 Å². The van der Waals surface area contributed by atoms with E-state index in [1.54, 1.807) is 0 Å². The van der Waals surface area contributed by atoms with Gasteiger partial charge >= 0.3 is 5.97 Å². The molecule has 1 atom stereocenters. The van der Waals surface area contributed by atoms with E-state index in [4.69, 9.17) is 4.74 Å². The molecule has 1 aromatic heterocycles. The van der Waals surface area contributed by atoms with Crippen LogP contribution in [0.2, 0.25) is 0 Å². The Kier molecular flexibility index (Phi) is 4.38. The number of ether oxygens (including phenoxy) is 1. The molecule has 1 heterocycles. The van der Waals surface area contributed by atoms with Crippen molar-refractivity contribution in [1.82, 2.24) is 9.97 Å². The van der Waals surface area contributed by atoms with E-state index < -0.39 is 11.9 Å². The second-order valence-electron chi connectivity index (χ2n) is 5.71. The normalized spacial score (nSPS) is 15.5. The third-order valence-corrected chi connectivity index (χ3v) is 4.22. The van der Waals surface area contributed by atoms with Crippen molar-refractivity contribution in [2.45, 2.75) is 25.2 Å². The largest absolute Gasteiger partial charge is 0.468 e. The maximum Gasteiger partial charge on any atom is 0.329 e. The summed E-state index contributed by atoms with van der Waals surface area (Å²) in [6.45, 7) is 0.777. The summed E-state index contributed by atoms with van der Waals surface area (Å²) in [4.78, 5) is 20.9. The molecule has 1 aliphatic carbocycles. The number of nitrogens with zero attached hydrogens (tertiary/aromatic N) is 3. The second kappa shape index (κ2) is 6.61. The van der Waals surface area contributed by atoms with E-state index in [0.29, 0.717) is 22.9 Å². The van der Waals surface area contributed by atoms with Gasteiger partial charge in [0.2, 0.25) is 0 Å². The minimum atomic E-state index is -1.08. The summed E-state index contributed by atoms with van der Waals surface area (Å²) in [7, 11) is 1.27. The molecule has 1 aliphatic rings. The first-order valence-electron chi connectivity index (χ1n) is 7.71. The van der Waals surface area contributed by atoms with Crippen molar-refractivity contribution in [3.8, 4) is 6.07 Å². The topological polar surface area (TPSA) is 87.9 Å². The number of carbonyl (C=O) groups excluding carboxylic acids is 1. The molecule has 0 saturated heterocycles. The van der Waals surface area contributed by atoms with Gasteiger partial charge in [-0.15, -0.1) is 0 Å². The Morgan fingerprint density at radius 2 is 2.09 bits per heavy atom. The van der Waals surface area contributed by atoms with Gasteiger partial charge in [-0.25, -0.2) is 9.97 Å². The minimum Gasteiger partial charge on any atom is -0.468 e. The zero-order valence-electron chi connectivity index (χ0n) is 13.0. The number of anilines is 1. The van der Waals surface area contributed by atoms with E-state index in [0.717, 1.165) is 12.1 Å². The molecule has 118 valence electrons. The standard InChI is InChI=1S/C17H18N4O2/c1-23-17(22)12(9-18)15-16(19-10-11-5-4-6-11)21-14-8-3-2-7-13(14)20-15/h2-3,7-8,11-12H,4-6,10H2,1H3,(H,19,21). The van der Waals surface area contributed by atoms with Gasteiger partial charge in [-0.05, 0) is 30.9 Å². The molecule has 0 spiro atoms. The molecule has 3 rings (SSSR count). The monoisotopic (exact) mass is 310 g/mol. The maximum absolute atomic E-state index is 11.9. The van der Waals surface area contributed by atoms with Crippen LogP contribution in [0.1, 0.15) is 30.9 Å².